The maximum Gasteiger partial charge on any atom is 0.266 e. The van der Waals surface area contributed by atoms with Crippen LogP contribution in [0, 0.1) is 5.82 Å². The summed E-state index contributed by atoms with van der Waals surface area (Å²) in [5, 5.41) is 2.70. The fourth-order valence-electron chi connectivity index (χ4n) is 2.84. The van der Waals surface area contributed by atoms with Gasteiger partial charge < -0.3 is 18.9 Å². The Morgan fingerprint density at radius 2 is 2.04 bits per heavy atom. The van der Waals surface area contributed by atoms with E-state index < -0.39 is 15.7 Å². The monoisotopic (exact) mass is 392 g/mol. The van der Waals surface area contributed by atoms with Crippen molar-refractivity contribution in [1.29, 1.82) is 0 Å². The molecule has 0 radical (unpaired) electrons. The average molecular weight is 392 g/mol. The van der Waals surface area contributed by atoms with Crippen LogP contribution in [0.2, 0.25) is 0 Å². The molecule has 3 heterocycles. The summed E-state index contributed by atoms with van der Waals surface area (Å²) in [5.74, 6) is -0.186. The number of nitrogens with one attached hydrogen (secondary N) is 1. The molecule has 1 aromatic carbocycles. The van der Waals surface area contributed by atoms with Gasteiger partial charge in [0.1, 0.15) is 5.82 Å². The number of benzene rings is 1. The topological polar surface area (TPSA) is 94.6 Å². The second-order valence-corrected chi connectivity index (χ2v) is 7.97. The van der Waals surface area contributed by atoms with Gasteiger partial charge in [0.05, 0.1) is 17.3 Å². The second-order valence-electron chi connectivity index (χ2n) is 6.10. The lowest BCUT2D eigenvalue weighted by Gasteiger charge is -2.10. The summed E-state index contributed by atoms with van der Waals surface area (Å²) in [4.78, 5) is 4.04. The third-order valence-corrected chi connectivity index (χ3v) is 5.90. The van der Waals surface area contributed by atoms with E-state index in [9.17, 15) is 12.8 Å². The van der Waals surface area contributed by atoms with Gasteiger partial charge in [-0.1, -0.05) is 0 Å². The maximum absolute atomic E-state index is 13.2. The number of ether oxygens (including phenoxy) is 1. The molecule has 0 bridgehead atoms. The Morgan fingerprint density at radius 3 is 2.70 bits per heavy atom. The molecule has 0 unspecified atom stereocenters. The van der Waals surface area contributed by atoms with Crippen molar-refractivity contribution in [2.24, 2.45) is 0 Å². The van der Waals surface area contributed by atoms with Crippen molar-refractivity contribution in [2.45, 2.75) is 28.9 Å². The van der Waals surface area contributed by atoms with Crippen LogP contribution in [0.15, 0.2) is 61.4 Å². The van der Waals surface area contributed by atoms with Gasteiger partial charge >= 0.3 is 0 Å². The molecule has 0 spiro atoms. The van der Waals surface area contributed by atoms with E-state index >= 15 is 0 Å². The van der Waals surface area contributed by atoms with Crippen LogP contribution in [-0.2, 0) is 14.6 Å². The largest absolute Gasteiger partial charge is 0.459 e. The van der Waals surface area contributed by atoms with E-state index in [-0.39, 0.29) is 27.8 Å². The number of aromatic nitrogens is 1. The van der Waals surface area contributed by atoms with E-state index in [4.69, 9.17) is 13.6 Å². The highest BCUT2D eigenvalue weighted by atomic mass is 32.2. The molecule has 0 saturated carbocycles. The van der Waals surface area contributed by atoms with E-state index in [1.807, 2.05) is 0 Å². The van der Waals surface area contributed by atoms with Crippen LogP contribution in [0.5, 0.6) is 0 Å². The van der Waals surface area contributed by atoms with Crippen LogP contribution in [0.4, 0.5) is 10.3 Å². The maximum atomic E-state index is 13.2. The molecule has 3 aromatic rings. The average Bonchev–Trinajstić information content (AvgIpc) is 3.40. The van der Waals surface area contributed by atoms with Gasteiger partial charge in [-0.2, -0.15) is 4.98 Å². The molecule has 0 amide bonds. The normalized spacial score (nSPS) is 17.3. The van der Waals surface area contributed by atoms with Crippen molar-refractivity contribution in [3.63, 3.8) is 0 Å². The van der Waals surface area contributed by atoms with Crippen LogP contribution in [-0.4, -0.2) is 32.7 Å². The summed E-state index contributed by atoms with van der Waals surface area (Å²) in [5.41, 5.74) is 0. The van der Waals surface area contributed by atoms with Crippen molar-refractivity contribution >= 4 is 15.7 Å². The highest BCUT2D eigenvalue weighted by molar-refractivity contribution is 7.91. The summed E-state index contributed by atoms with van der Waals surface area (Å²) in [6.07, 6.45) is 3.25. The molecule has 9 heteroatoms. The number of halogens is 1. The Balaban J connectivity index is 1.71. The summed E-state index contributed by atoms with van der Waals surface area (Å²) >= 11 is 0. The van der Waals surface area contributed by atoms with Gasteiger partial charge in [-0.25, -0.2) is 12.8 Å². The third kappa shape index (κ3) is 3.60. The van der Waals surface area contributed by atoms with Gasteiger partial charge in [0, 0.05) is 13.2 Å². The first-order valence-electron chi connectivity index (χ1n) is 8.45. The standard InChI is InChI=1S/C18H17FN2O5S/c19-12-5-7-14(8-6-12)27(22,23)18-17(20-11-13-3-1-9-24-13)26-16(21-18)15-4-2-10-25-15/h2,4-8,10,13,20H,1,3,9,11H2/t13-/m0/s1. The van der Waals surface area contributed by atoms with E-state index in [1.54, 1.807) is 12.1 Å². The Morgan fingerprint density at radius 1 is 1.22 bits per heavy atom. The van der Waals surface area contributed by atoms with Gasteiger partial charge in [-0.15, -0.1) is 0 Å². The minimum atomic E-state index is -4.02. The highest BCUT2D eigenvalue weighted by Gasteiger charge is 2.30. The zero-order chi connectivity index (χ0) is 18.9. The van der Waals surface area contributed by atoms with Crippen LogP contribution < -0.4 is 5.32 Å². The summed E-state index contributed by atoms with van der Waals surface area (Å²) in [6, 6.07) is 7.81. The van der Waals surface area contributed by atoms with E-state index in [0.29, 0.717) is 18.9 Å². The number of oxazole rings is 1. The minimum absolute atomic E-state index is 0.00113. The van der Waals surface area contributed by atoms with Crippen molar-refractivity contribution < 1.29 is 26.4 Å². The molecule has 1 aliphatic rings. The van der Waals surface area contributed by atoms with Crippen molar-refractivity contribution in [2.75, 3.05) is 18.5 Å². The van der Waals surface area contributed by atoms with E-state index in [0.717, 1.165) is 25.0 Å². The van der Waals surface area contributed by atoms with Crippen LogP contribution in [0.25, 0.3) is 11.7 Å². The Kier molecular flexibility index (Phi) is 4.71. The number of rotatable bonds is 6. The predicted molar refractivity (Wildman–Crippen MR) is 93.5 cm³/mol. The molecule has 142 valence electrons. The Hall–Kier alpha value is -2.65. The molecule has 1 saturated heterocycles. The number of furan rings is 1. The smallest absolute Gasteiger partial charge is 0.266 e. The van der Waals surface area contributed by atoms with Gasteiger partial charge in [0.25, 0.3) is 5.89 Å². The fraction of sp³-hybridized carbons (Fsp3) is 0.278. The molecular formula is C18H17FN2O5S. The van der Waals surface area contributed by atoms with Crippen molar-refractivity contribution in [3.05, 3.63) is 48.5 Å². The number of hydrogen-bond acceptors (Lipinski definition) is 7. The Bertz CT molecular complexity index is 1010. The quantitative estimate of drug-likeness (QED) is 0.642. The lowest BCUT2D eigenvalue weighted by atomic mass is 10.2. The number of sulfone groups is 1. The lowest BCUT2D eigenvalue weighted by molar-refractivity contribution is 0.120. The zero-order valence-corrected chi connectivity index (χ0v) is 15.0. The molecule has 1 N–H and O–H groups in total. The third-order valence-electron chi connectivity index (χ3n) is 4.22. The summed E-state index contributed by atoms with van der Waals surface area (Å²) < 4.78 is 55.6. The van der Waals surface area contributed by atoms with Crippen LogP contribution in [0.1, 0.15) is 12.8 Å². The molecule has 1 aliphatic heterocycles. The Labute approximate surface area is 155 Å². The minimum Gasteiger partial charge on any atom is -0.459 e. The SMILES string of the molecule is O=S(=O)(c1ccc(F)cc1)c1nc(-c2ccco2)oc1NC[C@@H]1CCCO1. The predicted octanol–water partition coefficient (Wildman–Crippen LogP) is 3.50. The van der Waals surface area contributed by atoms with Crippen LogP contribution >= 0.6 is 0 Å². The number of nitrogens with zero attached hydrogens (tertiary/aromatic N) is 1. The van der Waals surface area contributed by atoms with E-state index in [1.165, 1.54) is 18.4 Å². The molecule has 1 atom stereocenters. The molecule has 2 aromatic heterocycles. The zero-order valence-electron chi connectivity index (χ0n) is 14.2. The molecule has 0 aliphatic carbocycles. The molecular weight excluding hydrogens is 375 g/mol. The molecule has 4 rings (SSSR count). The van der Waals surface area contributed by atoms with Gasteiger partial charge in [-0.05, 0) is 49.2 Å². The van der Waals surface area contributed by atoms with Gasteiger partial charge in [-0.3, -0.25) is 0 Å². The highest BCUT2D eigenvalue weighted by Crippen LogP contribution is 2.32. The number of hydrogen-bond donors (Lipinski definition) is 1. The second kappa shape index (κ2) is 7.16. The first-order valence-corrected chi connectivity index (χ1v) is 9.93. The first-order chi connectivity index (χ1) is 13.0. The lowest BCUT2D eigenvalue weighted by Crippen LogP contribution is -2.19. The molecule has 7 nitrogen and oxygen atoms in total. The summed E-state index contributed by atoms with van der Waals surface area (Å²) in [6.45, 7) is 1.07. The van der Waals surface area contributed by atoms with Crippen molar-refractivity contribution in [3.8, 4) is 11.7 Å². The van der Waals surface area contributed by atoms with Crippen molar-refractivity contribution in [1.82, 2.24) is 4.98 Å². The van der Waals surface area contributed by atoms with Crippen LogP contribution in [0.3, 0.4) is 0 Å². The van der Waals surface area contributed by atoms with Gasteiger partial charge in [0.15, 0.2) is 5.76 Å². The number of anilines is 1. The summed E-state index contributed by atoms with van der Waals surface area (Å²) in [7, 11) is -4.02. The van der Waals surface area contributed by atoms with Gasteiger partial charge in [0.2, 0.25) is 20.7 Å². The fourth-order valence-corrected chi connectivity index (χ4v) is 4.12. The molecule has 27 heavy (non-hydrogen) atoms. The van der Waals surface area contributed by atoms with E-state index in [2.05, 4.69) is 10.3 Å². The first kappa shape index (κ1) is 17.7. The molecule has 1 fully saturated rings.